The molecule has 5 heteroatoms. The van der Waals surface area contributed by atoms with Crippen LogP contribution in [0.1, 0.15) is 18.1 Å². The number of aryl methyl sites for hydroxylation is 2. The quantitative estimate of drug-likeness (QED) is 0.580. The third-order valence-electron chi connectivity index (χ3n) is 4.51. The van der Waals surface area contributed by atoms with Crippen LogP contribution in [0, 0.1) is 0 Å². The van der Waals surface area contributed by atoms with Gasteiger partial charge in [0.05, 0.1) is 18.0 Å². The van der Waals surface area contributed by atoms with E-state index in [9.17, 15) is 9.59 Å². The van der Waals surface area contributed by atoms with E-state index >= 15 is 0 Å². The van der Waals surface area contributed by atoms with Gasteiger partial charge in [-0.25, -0.2) is 4.79 Å². The molecule has 1 heterocycles. The molecule has 0 N–H and O–H groups in total. The van der Waals surface area contributed by atoms with Crippen LogP contribution in [0.15, 0.2) is 61.2 Å². The lowest BCUT2D eigenvalue weighted by atomic mass is 10.0. The molecule has 0 fully saturated rings. The molecule has 0 bridgehead atoms. The fraction of sp³-hybridized carbons (Fsp3) is 0.273. The van der Waals surface area contributed by atoms with E-state index in [-0.39, 0.29) is 19.1 Å². The van der Waals surface area contributed by atoms with Crippen molar-refractivity contribution in [2.75, 3.05) is 18.1 Å². The Morgan fingerprint density at radius 2 is 1.63 bits per heavy atom. The smallest absolute Gasteiger partial charge is 0.335 e. The number of carbonyl (C=O) groups excluding carboxylic acids is 2. The van der Waals surface area contributed by atoms with Crippen LogP contribution >= 0.6 is 0 Å². The highest BCUT2D eigenvalue weighted by molar-refractivity contribution is 6.03. The normalized spacial score (nSPS) is 13.7. The molecule has 1 aliphatic heterocycles. The van der Waals surface area contributed by atoms with Crippen LogP contribution < -0.4 is 4.90 Å². The molecule has 0 saturated heterocycles. The van der Waals surface area contributed by atoms with Gasteiger partial charge in [-0.1, -0.05) is 42.5 Å². The average molecular weight is 365 g/mol. The van der Waals surface area contributed by atoms with Crippen molar-refractivity contribution in [3.05, 3.63) is 72.3 Å². The van der Waals surface area contributed by atoms with Crippen LogP contribution in [0.25, 0.3) is 0 Å². The largest absolute Gasteiger partial charge is 0.454 e. The summed E-state index contributed by atoms with van der Waals surface area (Å²) >= 11 is 0. The molecule has 1 amide bonds. The van der Waals surface area contributed by atoms with E-state index in [1.807, 2.05) is 48.5 Å². The topological polar surface area (TPSA) is 55.8 Å². The number of carbonyl (C=O) groups is 2. The van der Waals surface area contributed by atoms with Crippen LogP contribution in [0.3, 0.4) is 0 Å². The van der Waals surface area contributed by atoms with Gasteiger partial charge in [-0.3, -0.25) is 9.69 Å². The molecule has 1 aliphatic rings. The van der Waals surface area contributed by atoms with E-state index in [0.717, 1.165) is 35.3 Å². The molecule has 0 aliphatic carbocycles. The molecule has 1 atom stereocenters. The summed E-state index contributed by atoms with van der Waals surface area (Å²) in [6.07, 6.45) is 2.51. The van der Waals surface area contributed by atoms with E-state index in [1.165, 1.54) is 0 Å². The van der Waals surface area contributed by atoms with Gasteiger partial charge in [0.1, 0.15) is 0 Å². The molecule has 2 aromatic rings. The van der Waals surface area contributed by atoms with E-state index in [0.29, 0.717) is 0 Å². The van der Waals surface area contributed by atoms with Gasteiger partial charge in [0.15, 0.2) is 12.7 Å². The Hall–Kier alpha value is -2.92. The Bertz CT molecular complexity index is 798. The summed E-state index contributed by atoms with van der Waals surface area (Å²) in [6, 6.07) is 15.7. The number of hydrogen-bond donors (Lipinski definition) is 0. The highest BCUT2D eigenvalue weighted by atomic mass is 16.6. The SMILES string of the molecule is C=CCOC(C)C(=O)OCC(=O)N1c2ccccc2CCc2ccccc21. The minimum atomic E-state index is -0.750. The molecule has 140 valence electrons. The predicted molar refractivity (Wildman–Crippen MR) is 104 cm³/mol. The first-order valence-electron chi connectivity index (χ1n) is 8.99. The molecule has 1 unspecified atom stereocenters. The Morgan fingerprint density at radius 3 is 2.19 bits per heavy atom. The number of esters is 1. The van der Waals surface area contributed by atoms with E-state index in [2.05, 4.69) is 6.58 Å². The van der Waals surface area contributed by atoms with E-state index in [1.54, 1.807) is 17.9 Å². The zero-order valence-corrected chi connectivity index (χ0v) is 15.4. The molecule has 27 heavy (non-hydrogen) atoms. The van der Waals surface area contributed by atoms with E-state index in [4.69, 9.17) is 9.47 Å². The van der Waals surface area contributed by atoms with Gasteiger partial charge in [-0.2, -0.15) is 0 Å². The molecular formula is C22H23NO4. The van der Waals surface area contributed by atoms with Crippen molar-refractivity contribution in [1.29, 1.82) is 0 Å². The number of fused-ring (bicyclic) bond motifs is 2. The molecule has 0 saturated carbocycles. The lowest BCUT2D eigenvalue weighted by molar-refractivity contribution is -0.157. The second-order valence-electron chi connectivity index (χ2n) is 6.36. The van der Waals surface area contributed by atoms with Crippen molar-refractivity contribution in [2.45, 2.75) is 25.9 Å². The van der Waals surface area contributed by atoms with Gasteiger partial charge in [0.25, 0.3) is 5.91 Å². The second-order valence-corrected chi connectivity index (χ2v) is 6.36. The maximum absolute atomic E-state index is 13.0. The van der Waals surface area contributed by atoms with Gasteiger partial charge in [0.2, 0.25) is 0 Å². The van der Waals surface area contributed by atoms with Gasteiger partial charge in [-0.15, -0.1) is 6.58 Å². The highest BCUT2D eigenvalue weighted by Gasteiger charge is 2.27. The maximum Gasteiger partial charge on any atom is 0.335 e. The van der Waals surface area contributed by atoms with Gasteiger partial charge in [0, 0.05) is 0 Å². The standard InChI is InChI=1S/C22H23NO4/c1-3-14-26-16(2)22(25)27-15-21(24)23-19-10-6-4-8-17(19)12-13-18-9-5-7-11-20(18)23/h3-11,16H,1,12-15H2,2H3. The fourth-order valence-electron chi connectivity index (χ4n) is 3.14. The molecule has 0 spiro atoms. The number of anilines is 2. The molecule has 0 aromatic heterocycles. The Kier molecular flexibility index (Phi) is 6.04. The number of para-hydroxylation sites is 2. The highest BCUT2D eigenvalue weighted by Crippen LogP contribution is 2.35. The Morgan fingerprint density at radius 1 is 1.07 bits per heavy atom. The van der Waals surface area contributed by atoms with Crippen molar-refractivity contribution in [3.8, 4) is 0 Å². The summed E-state index contributed by atoms with van der Waals surface area (Å²) in [5.74, 6) is -0.859. The molecule has 2 aromatic carbocycles. The first kappa shape index (κ1) is 18.9. The van der Waals surface area contributed by atoms with Crippen molar-refractivity contribution in [2.24, 2.45) is 0 Å². The number of benzene rings is 2. The summed E-state index contributed by atoms with van der Waals surface area (Å²) < 4.78 is 10.4. The lowest BCUT2D eigenvalue weighted by Crippen LogP contribution is -2.33. The Labute approximate surface area is 159 Å². The number of hydrogen-bond acceptors (Lipinski definition) is 4. The van der Waals surface area contributed by atoms with Crippen LogP contribution in [-0.4, -0.2) is 31.2 Å². The van der Waals surface area contributed by atoms with Gasteiger partial charge >= 0.3 is 5.97 Å². The number of ether oxygens (including phenoxy) is 2. The molecule has 0 radical (unpaired) electrons. The average Bonchev–Trinajstić information content (AvgIpc) is 2.86. The van der Waals surface area contributed by atoms with Crippen molar-refractivity contribution in [1.82, 2.24) is 0 Å². The van der Waals surface area contributed by atoms with E-state index < -0.39 is 12.1 Å². The maximum atomic E-state index is 13.0. The minimum Gasteiger partial charge on any atom is -0.454 e. The fourth-order valence-corrected chi connectivity index (χ4v) is 3.14. The number of rotatable bonds is 6. The number of nitrogens with zero attached hydrogens (tertiary/aromatic N) is 1. The summed E-state index contributed by atoms with van der Waals surface area (Å²) in [7, 11) is 0. The summed E-state index contributed by atoms with van der Waals surface area (Å²) in [5, 5.41) is 0. The third-order valence-corrected chi connectivity index (χ3v) is 4.51. The van der Waals surface area contributed by atoms with Crippen LogP contribution in [0.2, 0.25) is 0 Å². The zero-order chi connectivity index (χ0) is 19.2. The molecule has 3 rings (SSSR count). The third kappa shape index (κ3) is 4.26. The van der Waals surface area contributed by atoms with Gasteiger partial charge < -0.3 is 9.47 Å². The Balaban J connectivity index is 1.81. The minimum absolute atomic E-state index is 0.247. The van der Waals surface area contributed by atoms with Crippen molar-refractivity contribution < 1.29 is 19.1 Å². The predicted octanol–water partition coefficient (Wildman–Crippen LogP) is 3.58. The summed E-state index contributed by atoms with van der Waals surface area (Å²) in [6.45, 7) is 5.03. The van der Waals surface area contributed by atoms with Crippen LogP contribution in [0.4, 0.5) is 11.4 Å². The lowest BCUT2D eigenvalue weighted by Gasteiger charge is -2.25. The monoisotopic (exact) mass is 365 g/mol. The van der Waals surface area contributed by atoms with Crippen molar-refractivity contribution in [3.63, 3.8) is 0 Å². The number of amides is 1. The van der Waals surface area contributed by atoms with Crippen LogP contribution in [-0.2, 0) is 31.9 Å². The summed E-state index contributed by atoms with van der Waals surface area (Å²) in [5.41, 5.74) is 3.85. The first-order chi connectivity index (χ1) is 13.1. The van der Waals surface area contributed by atoms with Crippen molar-refractivity contribution >= 4 is 23.3 Å². The molecular weight excluding hydrogens is 342 g/mol. The molecule has 5 nitrogen and oxygen atoms in total. The zero-order valence-electron chi connectivity index (χ0n) is 15.4. The second kappa shape index (κ2) is 8.64. The first-order valence-corrected chi connectivity index (χ1v) is 8.99. The van der Waals surface area contributed by atoms with Gasteiger partial charge in [-0.05, 0) is 43.0 Å². The van der Waals surface area contributed by atoms with Crippen LogP contribution in [0.5, 0.6) is 0 Å². The summed E-state index contributed by atoms with van der Waals surface area (Å²) in [4.78, 5) is 26.7.